The van der Waals surface area contributed by atoms with Crippen molar-refractivity contribution < 1.29 is 18.0 Å². The van der Waals surface area contributed by atoms with Gasteiger partial charge in [-0.25, -0.2) is 4.68 Å². The van der Waals surface area contributed by atoms with Crippen molar-refractivity contribution in [2.45, 2.75) is 71.3 Å². The molecule has 1 aromatic carbocycles. The molecule has 3 rings (SSSR count). The summed E-state index contributed by atoms with van der Waals surface area (Å²) in [5.74, 6) is -3.63. The molecule has 0 saturated carbocycles. The number of hydrogen-bond acceptors (Lipinski definition) is 4. The van der Waals surface area contributed by atoms with Crippen LogP contribution in [0.15, 0.2) is 24.3 Å². The number of aromatic nitrogens is 2. The number of hydrogen-bond donors (Lipinski definition) is 2. The lowest BCUT2D eigenvalue weighted by molar-refractivity contribution is -0.0554. The van der Waals surface area contributed by atoms with Gasteiger partial charge in [-0.15, -0.1) is 0 Å². The van der Waals surface area contributed by atoms with Gasteiger partial charge in [0.15, 0.2) is 8.32 Å². The summed E-state index contributed by atoms with van der Waals surface area (Å²) in [6.45, 7) is 13.8. The standard InChI is InChI=1S/C23H34F2N4O2Si/c1-15-8-10-17(11-9-15)16(2)27-21(30)18-19(28-29-13-12-26-20(18)29)23(24,25)14-31-32(6,7)22(3,4)5/h8-11,16,26H,12-14H2,1-7H3,(H,27,30). The number of anilines is 1. The number of nitrogens with zero attached hydrogens (tertiary/aromatic N) is 2. The van der Waals surface area contributed by atoms with Crippen molar-refractivity contribution in [3.63, 3.8) is 0 Å². The van der Waals surface area contributed by atoms with Gasteiger partial charge in [0.2, 0.25) is 0 Å². The molecule has 0 fully saturated rings. The SMILES string of the molecule is Cc1ccc(C(C)NC(=O)c2c(C(F)(F)CO[Si](C)(C)C(C)(C)C)nn3c2NCC3)cc1. The van der Waals surface area contributed by atoms with Gasteiger partial charge in [0.25, 0.3) is 5.91 Å². The Labute approximate surface area is 189 Å². The molecule has 1 atom stereocenters. The lowest BCUT2D eigenvalue weighted by Crippen LogP contribution is -2.43. The fraction of sp³-hybridized carbons (Fsp3) is 0.565. The molecule has 1 aliphatic heterocycles. The highest BCUT2D eigenvalue weighted by atomic mass is 28.4. The summed E-state index contributed by atoms with van der Waals surface area (Å²) in [6.07, 6.45) is 0. The van der Waals surface area contributed by atoms with Gasteiger partial charge in [-0.2, -0.15) is 13.9 Å². The molecule has 2 N–H and O–H groups in total. The Morgan fingerprint density at radius 1 is 1.28 bits per heavy atom. The minimum absolute atomic E-state index is 0.106. The predicted molar refractivity (Wildman–Crippen MR) is 125 cm³/mol. The number of carbonyl (C=O) groups is 1. The highest BCUT2D eigenvalue weighted by Crippen LogP contribution is 2.40. The second kappa shape index (κ2) is 8.59. The van der Waals surface area contributed by atoms with Crippen molar-refractivity contribution in [1.29, 1.82) is 0 Å². The van der Waals surface area contributed by atoms with Gasteiger partial charge in [0.1, 0.15) is 23.7 Å². The normalized spacial score (nSPS) is 15.3. The maximum atomic E-state index is 15.4. The molecule has 176 valence electrons. The first-order chi connectivity index (χ1) is 14.7. The Hall–Kier alpha value is -2.26. The van der Waals surface area contributed by atoms with Gasteiger partial charge in [-0.3, -0.25) is 4.79 Å². The average molecular weight is 465 g/mol. The number of amides is 1. The minimum atomic E-state index is -3.39. The Balaban J connectivity index is 1.87. The molecular formula is C23H34F2N4O2Si. The van der Waals surface area contributed by atoms with E-state index in [1.165, 1.54) is 4.68 Å². The van der Waals surface area contributed by atoms with E-state index < -0.39 is 32.4 Å². The zero-order valence-electron chi connectivity index (χ0n) is 20.0. The summed E-state index contributed by atoms with van der Waals surface area (Å²) < 4.78 is 38.0. The highest BCUT2D eigenvalue weighted by Gasteiger charge is 2.46. The molecule has 6 nitrogen and oxygen atoms in total. The van der Waals surface area contributed by atoms with Crippen LogP contribution in [0.1, 0.15) is 60.9 Å². The molecule has 2 aromatic rings. The number of halogens is 2. The summed E-state index contributed by atoms with van der Waals surface area (Å²) >= 11 is 0. The Morgan fingerprint density at radius 3 is 2.50 bits per heavy atom. The third-order valence-corrected chi connectivity index (χ3v) is 11.0. The lowest BCUT2D eigenvalue weighted by atomic mass is 10.1. The Morgan fingerprint density at radius 2 is 1.91 bits per heavy atom. The zero-order chi connectivity index (χ0) is 23.9. The molecule has 1 aliphatic rings. The molecule has 0 radical (unpaired) electrons. The van der Waals surface area contributed by atoms with E-state index in [1.807, 2.05) is 72.0 Å². The average Bonchev–Trinajstić information content (AvgIpc) is 3.27. The van der Waals surface area contributed by atoms with Gasteiger partial charge in [-0.1, -0.05) is 50.6 Å². The molecule has 32 heavy (non-hydrogen) atoms. The van der Waals surface area contributed by atoms with E-state index >= 15 is 8.78 Å². The molecule has 1 unspecified atom stereocenters. The van der Waals surface area contributed by atoms with Gasteiger partial charge in [0, 0.05) is 6.54 Å². The van der Waals surface area contributed by atoms with Crippen LogP contribution < -0.4 is 10.6 Å². The van der Waals surface area contributed by atoms with Crippen LogP contribution in [-0.4, -0.2) is 37.2 Å². The molecule has 0 aliphatic carbocycles. The van der Waals surface area contributed by atoms with E-state index in [-0.39, 0.29) is 16.6 Å². The minimum Gasteiger partial charge on any atom is -0.410 e. The Kier molecular flexibility index (Phi) is 6.54. The molecular weight excluding hydrogens is 430 g/mol. The molecule has 2 heterocycles. The highest BCUT2D eigenvalue weighted by molar-refractivity contribution is 6.74. The van der Waals surface area contributed by atoms with Crippen LogP contribution in [0.25, 0.3) is 0 Å². The maximum Gasteiger partial charge on any atom is 0.313 e. The van der Waals surface area contributed by atoms with Crippen molar-refractivity contribution in [3.8, 4) is 0 Å². The van der Waals surface area contributed by atoms with Crippen molar-refractivity contribution in [3.05, 3.63) is 46.6 Å². The fourth-order valence-corrected chi connectivity index (χ4v) is 4.29. The smallest absolute Gasteiger partial charge is 0.313 e. The maximum absolute atomic E-state index is 15.4. The van der Waals surface area contributed by atoms with E-state index in [0.29, 0.717) is 18.9 Å². The third-order valence-electron chi connectivity index (χ3n) is 6.49. The number of fused-ring (bicyclic) bond motifs is 1. The van der Waals surface area contributed by atoms with Gasteiger partial charge in [0.05, 0.1) is 12.6 Å². The van der Waals surface area contributed by atoms with Crippen LogP contribution in [0.2, 0.25) is 18.1 Å². The first kappa shape index (κ1) is 24.4. The van der Waals surface area contributed by atoms with Crippen molar-refractivity contribution in [1.82, 2.24) is 15.1 Å². The molecule has 0 spiro atoms. The second-order valence-corrected chi connectivity index (χ2v) is 14.9. The largest absolute Gasteiger partial charge is 0.410 e. The van der Waals surface area contributed by atoms with Crippen LogP contribution in [0.3, 0.4) is 0 Å². The lowest BCUT2D eigenvalue weighted by Gasteiger charge is -2.37. The van der Waals surface area contributed by atoms with E-state index in [9.17, 15) is 4.79 Å². The van der Waals surface area contributed by atoms with Gasteiger partial charge in [-0.05, 0) is 37.5 Å². The second-order valence-electron chi connectivity index (χ2n) is 10.1. The zero-order valence-corrected chi connectivity index (χ0v) is 21.0. The molecule has 0 bridgehead atoms. The van der Waals surface area contributed by atoms with Crippen LogP contribution in [0, 0.1) is 6.92 Å². The molecule has 0 saturated heterocycles. The van der Waals surface area contributed by atoms with Gasteiger partial charge >= 0.3 is 5.92 Å². The summed E-state index contributed by atoms with van der Waals surface area (Å²) in [5.41, 5.74) is 1.36. The Bertz CT molecular complexity index is 981. The monoisotopic (exact) mass is 464 g/mol. The number of nitrogens with one attached hydrogen (secondary N) is 2. The van der Waals surface area contributed by atoms with E-state index in [2.05, 4.69) is 15.7 Å². The van der Waals surface area contributed by atoms with Gasteiger partial charge < -0.3 is 15.1 Å². The number of benzene rings is 1. The fourth-order valence-electron chi connectivity index (χ4n) is 3.32. The molecule has 1 aromatic heterocycles. The van der Waals surface area contributed by atoms with Crippen LogP contribution in [0.5, 0.6) is 0 Å². The summed E-state index contributed by atoms with van der Waals surface area (Å²) in [4.78, 5) is 13.2. The van der Waals surface area contributed by atoms with Crippen molar-refractivity contribution in [2.24, 2.45) is 0 Å². The topological polar surface area (TPSA) is 68.2 Å². The molecule has 9 heteroatoms. The summed E-state index contributed by atoms with van der Waals surface area (Å²) in [6, 6.07) is 7.40. The number of rotatable bonds is 7. The number of aryl methyl sites for hydroxylation is 1. The van der Waals surface area contributed by atoms with E-state index in [4.69, 9.17) is 4.43 Å². The summed E-state index contributed by atoms with van der Waals surface area (Å²) in [5, 5.41) is 9.81. The van der Waals surface area contributed by atoms with E-state index in [0.717, 1.165) is 11.1 Å². The van der Waals surface area contributed by atoms with Crippen LogP contribution in [0.4, 0.5) is 14.6 Å². The van der Waals surface area contributed by atoms with E-state index in [1.54, 1.807) is 0 Å². The molecule has 1 amide bonds. The van der Waals surface area contributed by atoms with Crippen LogP contribution in [-0.2, 0) is 16.9 Å². The van der Waals surface area contributed by atoms with Crippen molar-refractivity contribution >= 4 is 20.0 Å². The van der Waals surface area contributed by atoms with Crippen LogP contribution >= 0.6 is 0 Å². The quantitative estimate of drug-likeness (QED) is 0.551. The summed E-state index contributed by atoms with van der Waals surface area (Å²) in [7, 11) is -2.40. The number of alkyl halides is 2. The predicted octanol–water partition coefficient (Wildman–Crippen LogP) is 5.22. The first-order valence-corrected chi connectivity index (χ1v) is 13.9. The first-order valence-electron chi connectivity index (χ1n) is 11.0. The third kappa shape index (κ3) is 4.88. The van der Waals surface area contributed by atoms with Crippen molar-refractivity contribution in [2.75, 3.05) is 18.5 Å². The number of carbonyl (C=O) groups excluding carboxylic acids is 1.